The predicted octanol–water partition coefficient (Wildman–Crippen LogP) is 1.83. The fourth-order valence-electron chi connectivity index (χ4n) is 2.20. The molecule has 0 radical (unpaired) electrons. The molecule has 0 amide bonds. The van der Waals surface area contributed by atoms with Gasteiger partial charge in [-0.15, -0.1) is 0 Å². The molecule has 2 aromatic rings. The summed E-state index contributed by atoms with van der Waals surface area (Å²) in [6.07, 6.45) is 2.64. The van der Waals surface area contributed by atoms with E-state index in [-0.39, 0.29) is 16.6 Å². The highest BCUT2D eigenvalue weighted by molar-refractivity contribution is 7.89. The highest BCUT2D eigenvalue weighted by Gasteiger charge is 2.22. The standard InChI is InChI=1S/C14H16N4O4S/c1-10(11-4-3-5-12(8-11)23(15,21)22)17(2)13-6-7-16-9-14(13)18(19)20/h3-10H,1-2H3,(H2,15,21,22). The minimum Gasteiger partial charge on any atom is -0.362 e. The van der Waals surface area contributed by atoms with Crippen molar-refractivity contribution < 1.29 is 13.3 Å². The zero-order valence-corrected chi connectivity index (χ0v) is 13.4. The maximum absolute atomic E-state index is 11.5. The summed E-state index contributed by atoms with van der Waals surface area (Å²) in [5, 5.41) is 16.3. The lowest BCUT2D eigenvalue weighted by molar-refractivity contribution is -0.384. The molecule has 0 bridgehead atoms. The molecule has 1 unspecified atom stereocenters. The number of hydrogen-bond acceptors (Lipinski definition) is 6. The number of primary sulfonamides is 1. The van der Waals surface area contributed by atoms with Gasteiger partial charge in [-0.25, -0.2) is 13.6 Å². The van der Waals surface area contributed by atoms with Crippen LogP contribution in [0.2, 0.25) is 0 Å². The predicted molar refractivity (Wildman–Crippen MR) is 85.5 cm³/mol. The second kappa shape index (κ2) is 6.31. The molecule has 1 heterocycles. The Balaban J connectivity index is 2.41. The lowest BCUT2D eigenvalue weighted by atomic mass is 10.1. The monoisotopic (exact) mass is 336 g/mol. The third-order valence-corrected chi connectivity index (χ3v) is 4.52. The molecule has 0 aliphatic rings. The van der Waals surface area contributed by atoms with Crippen molar-refractivity contribution in [2.24, 2.45) is 5.14 Å². The quantitative estimate of drug-likeness (QED) is 0.657. The molecule has 122 valence electrons. The van der Waals surface area contributed by atoms with E-state index in [1.54, 1.807) is 24.1 Å². The van der Waals surface area contributed by atoms with Crippen LogP contribution < -0.4 is 10.0 Å². The second-order valence-corrected chi connectivity index (χ2v) is 6.59. The van der Waals surface area contributed by atoms with E-state index in [0.29, 0.717) is 11.3 Å². The van der Waals surface area contributed by atoms with Crippen LogP contribution in [0.4, 0.5) is 11.4 Å². The van der Waals surface area contributed by atoms with Gasteiger partial charge in [-0.1, -0.05) is 12.1 Å². The van der Waals surface area contributed by atoms with Gasteiger partial charge in [-0.3, -0.25) is 15.1 Å². The fourth-order valence-corrected chi connectivity index (χ4v) is 2.77. The summed E-state index contributed by atoms with van der Waals surface area (Å²) in [5.74, 6) is 0. The van der Waals surface area contributed by atoms with Crippen LogP contribution in [0, 0.1) is 10.1 Å². The van der Waals surface area contributed by atoms with Crippen LogP contribution in [0.25, 0.3) is 0 Å². The Bertz CT molecular complexity index is 838. The first kappa shape index (κ1) is 16.8. The summed E-state index contributed by atoms with van der Waals surface area (Å²) in [5.41, 5.74) is 0.938. The SMILES string of the molecule is CC(c1cccc(S(N)(=O)=O)c1)N(C)c1ccncc1[N+](=O)[O-]. The molecule has 1 atom stereocenters. The Morgan fingerprint density at radius 1 is 1.35 bits per heavy atom. The van der Waals surface area contributed by atoms with Gasteiger partial charge in [0, 0.05) is 13.2 Å². The number of rotatable bonds is 5. The molecule has 0 aliphatic heterocycles. The summed E-state index contributed by atoms with van der Waals surface area (Å²) in [7, 11) is -2.12. The Labute approximate surface area is 133 Å². The molecule has 23 heavy (non-hydrogen) atoms. The van der Waals surface area contributed by atoms with Crippen molar-refractivity contribution in [1.29, 1.82) is 0 Å². The minimum atomic E-state index is -3.81. The zero-order valence-electron chi connectivity index (χ0n) is 12.6. The Morgan fingerprint density at radius 3 is 2.65 bits per heavy atom. The van der Waals surface area contributed by atoms with Gasteiger partial charge in [0.25, 0.3) is 0 Å². The Hall–Kier alpha value is -2.52. The van der Waals surface area contributed by atoms with Gasteiger partial charge in [-0.2, -0.15) is 0 Å². The molecule has 2 rings (SSSR count). The van der Waals surface area contributed by atoms with E-state index in [0.717, 1.165) is 0 Å². The van der Waals surface area contributed by atoms with Crippen molar-refractivity contribution >= 4 is 21.4 Å². The van der Waals surface area contributed by atoms with Crippen LogP contribution in [0.5, 0.6) is 0 Å². The topological polar surface area (TPSA) is 119 Å². The molecule has 0 fully saturated rings. The molecule has 0 saturated heterocycles. The van der Waals surface area contributed by atoms with E-state index in [9.17, 15) is 18.5 Å². The molecule has 0 saturated carbocycles. The van der Waals surface area contributed by atoms with E-state index >= 15 is 0 Å². The summed E-state index contributed by atoms with van der Waals surface area (Å²) in [6.45, 7) is 1.81. The molecule has 1 aromatic carbocycles. The molecule has 9 heteroatoms. The molecule has 2 N–H and O–H groups in total. The van der Waals surface area contributed by atoms with Gasteiger partial charge >= 0.3 is 5.69 Å². The van der Waals surface area contributed by atoms with E-state index < -0.39 is 14.9 Å². The van der Waals surface area contributed by atoms with Gasteiger partial charge in [0.05, 0.1) is 15.9 Å². The maximum Gasteiger partial charge on any atom is 0.310 e. The van der Waals surface area contributed by atoms with Gasteiger partial charge in [0.1, 0.15) is 11.9 Å². The van der Waals surface area contributed by atoms with Crippen molar-refractivity contribution in [3.05, 3.63) is 58.4 Å². The number of nitrogens with zero attached hydrogens (tertiary/aromatic N) is 3. The number of nitrogens with two attached hydrogens (primary N) is 1. The number of aromatic nitrogens is 1. The van der Waals surface area contributed by atoms with Crippen molar-refractivity contribution in [3.63, 3.8) is 0 Å². The van der Waals surface area contributed by atoms with Crippen LogP contribution in [0.1, 0.15) is 18.5 Å². The third kappa shape index (κ3) is 3.63. The van der Waals surface area contributed by atoms with Crippen molar-refractivity contribution in [2.45, 2.75) is 17.9 Å². The average Bonchev–Trinajstić information content (AvgIpc) is 2.52. The van der Waals surface area contributed by atoms with Crippen LogP contribution in [0.15, 0.2) is 47.6 Å². The highest BCUT2D eigenvalue weighted by atomic mass is 32.2. The summed E-state index contributed by atoms with van der Waals surface area (Å²) in [4.78, 5) is 16.1. The maximum atomic E-state index is 11.5. The molecule has 1 aromatic heterocycles. The van der Waals surface area contributed by atoms with Crippen LogP contribution in [-0.4, -0.2) is 25.4 Å². The number of hydrogen-bond donors (Lipinski definition) is 1. The number of sulfonamides is 1. The number of pyridine rings is 1. The van der Waals surface area contributed by atoms with Gasteiger partial charge in [0.2, 0.25) is 10.0 Å². The number of nitro groups is 1. The molecule has 0 aliphatic carbocycles. The van der Waals surface area contributed by atoms with E-state index in [1.807, 2.05) is 6.92 Å². The lowest BCUT2D eigenvalue weighted by Crippen LogP contribution is -2.23. The second-order valence-electron chi connectivity index (χ2n) is 5.03. The summed E-state index contributed by atoms with van der Waals surface area (Å²) in [6, 6.07) is 7.42. The number of anilines is 1. The first-order chi connectivity index (χ1) is 10.7. The third-order valence-electron chi connectivity index (χ3n) is 3.60. The number of benzene rings is 1. The zero-order chi connectivity index (χ0) is 17.2. The average molecular weight is 336 g/mol. The van der Waals surface area contributed by atoms with E-state index in [1.165, 1.54) is 30.6 Å². The minimum absolute atomic E-state index is 0.000483. The van der Waals surface area contributed by atoms with Crippen molar-refractivity contribution in [2.75, 3.05) is 11.9 Å². The van der Waals surface area contributed by atoms with Gasteiger partial charge in [0.15, 0.2) is 0 Å². The fraction of sp³-hybridized carbons (Fsp3) is 0.214. The van der Waals surface area contributed by atoms with Crippen LogP contribution in [0.3, 0.4) is 0 Å². The molecular formula is C14H16N4O4S. The van der Waals surface area contributed by atoms with Gasteiger partial charge in [-0.05, 0) is 30.7 Å². The largest absolute Gasteiger partial charge is 0.362 e. The first-order valence-electron chi connectivity index (χ1n) is 6.66. The molecule has 8 nitrogen and oxygen atoms in total. The van der Waals surface area contributed by atoms with Crippen LogP contribution in [-0.2, 0) is 10.0 Å². The molecular weight excluding hydrogens is 320 g/mol. The lowest BCUT2D eigenvalue weighted by Gasteiger charge is -2.27. The smallest absolute Gasteiger partial charge is 0.310 e. The normalized spacial score (nSPS) is 12.7. The van der Waals surface area contributed by atoms with Crippen molar-refractivity contribution in [1.82, 2.24) is 4.98 Å². The Kier molecular flexibility index (Phi) is 4.62. The van der Waals surface area contributed by atoms with Crippen molar-refractivity contribution in [3.8, 4) is 0 Å². The first-order valence-corrected chi connectivity index (χ1v) is 8.20. The van der Waals surface area contributed by atoms with E-state index in [2.05, 4.69) is 4.98 Å². The van der Waals surface area contributed by atoms with Crippen LogP contribution >= 0.6 is 0 Å². The molecule has 0 spiro atoms. The Morgan fingerprint density at radius 2 is 2.04 bits per heavy atom. The highest BCUT2D eigenvalue weighted by Crippen LogP contribution is 2.32. The van der Waals surface area contributed by atoms with E-state index in [4.69, 9.17) is 5.14 Å². The van der Waals surface area contributed by atoms with Gasteiger partial charge < -0.3 is 4.90 Å². The summed E-state index contributed by atoms with van der Waals surface area (Å²) < 4.78 is 22.9. The summed E-state index contributed by atoms with van der Waals surface area (Å²) >= 11 is 0.